The van der Waals surface area contributed by atoms with Crippen LogP contribution >= 0.6 is 0 Å². The minimum absolute atomic E-state index is 0.425. The van der Waals surface area contributed by atoms with Gasteiger partial charge < -0.3 is 5.32 Å². The SMILES string of the molecule is C1=C[C@]23CCC1C[C@@]21CCN[C@@H]3Cc2ccccc21. The molecule has 98 valence electrons. The van der Waals surface area contributed by atoms with Gasteiger partial charge in [0.15, 0.2) is 0 Å². The van der Waals surface area contributed by atoms with Crippen molar-refractivity contribution >= 4 is 0 Å². The third-order valence-electron chi connectivity index (χ3n) is 6.62. The highest BCUT2D eigenvalue weighted by Crippen LogP contribution is 2.65. The molecule has 6 rings (SSSR count). The first-order valence-electron chi connectivity index (χ1n) is 7.85. The lowest BCUT2D eigenvalue weighted by atomic mass is 9.41. The summed E-state index contributed by atoms with van der Waals surface area (Å²) in [6.07, 6.45) is 11.9. The van der Waals surface area contributed by atoms with Gasteiger partial charge in [0.2, 0.25) is 0 Å². The van der Waals surface area contributed by atoms with Crippen molar-refractivity contribution in [2.45, 2.75) is 43.6 Å². The van der Waals surface area contributed by atoms with Crippen molar-refractivity contribution in [3.05, 3.63) is 47.5 Å². The van der Waals surface area contributed by atoms with Crippen molar-refractivity contribution in [1.82, 2.24) is 5.32 Å². The van der Waals surface area contributed by atoms with Gasteiger partial charge in [-0.3, -0.25) is 0 Å². The van der Waals surface area contributed by atoms with Crippen molar-refractivity contribution in [2.75, 3.05) is 6.54 Å². The molecule has 1 heterocycles. The zero-order chi connectivity index (χ0) is 12.5. The molecule has 0 amide bonds. The Labute approximate surface area is 115 Å². The molecule has 1 aromatic rings. The van der Waals surface area contributed by atoms with Gasteiger partial charge in [-0.2, -0.15) is 0 Å². The highest BCUT2D eigenvalue weighted by molar-refractivity contribution is 5.47. The largest absolute Gasteiger partial charge is 0.313 e. The fourth-order valence-corrected chi connectivity index (χ4v) is 5.85. The van der Waals surface area contributed by atoms with E-state index in [9.17, 15) is 0 Å². The second-order valence-electron chi connectivity index (χ2n) is 7.10. The van der Waals surface area contributed by atoms with Crippen molar-refractivity contribution in [2.24, 2.45) is 11.3 Å². The van der Waals surface area contributed by atoms with Crippen LogP contribution in [0, 0.1) is 11.3 Å². The summed E-state index contributed by atoms with van der Waals surface area (Å²) in [6.45, 7) is 1.21. The highest BCUT2D eigenvalue weighted by atomic mass is 15.0. The normalized spacial score (nSPS) is 45.7. The number of piperidine rings is 1. The lowest BCUT2D eigenvalue weighted by molar-refractivity contribution is -0.0143. The Morgan fingerprint density at radius 2 is 2.11 bits per heavy atom. The Hall–Kier alpha value is -1.08. The first-order chi connectivity index (χ1) is 9.34. The number of hydrogen-bond donors (Lipinski definition) is 1. The van der Waals surface area contributed by atoms with E-state index in [0.717, 1.165) is 5.92 Å². The molecule has 4 aliphatic carbocycles. The van der Waals surface area contributed by atoms with Crippen LogP contribution in [0.4, 0.5) is 0 Å². The van der Waals surface area contributed by atoms with Gasteiger partial charge in [0.05, 0.1) is 0 Å². The molecule has 1 unspecified atom stereocenters. The molecule has 4 atom stereocenters. The molecule has 1 heteroatoms. The lowest BCUT2D eigenvalue weighted by Crippen LogP contribution is -2.68. The number of benzene rings is 1. The molecule has 5 aliphatic rings. The van der Waals surface area contributed by atoms with Crippen LogP contribution in [0.15, 0.2) is 36.4 Å². The van der Waals surface area contributed by atoms with Crippen LogP contribution in [-0.2, 0) is 11.8 Å². The van der Waals surface area contributed by atoms with Crippen LogP contribution in [0.2, 0.25) is 0 Å². The molecule has 1 saturated carbocycles. The summed E-state index contributed by atoms with van der Waals surface area (Å²) >= 11 is 0. The maximum Gasteiger partial charge on any atom is 0.0207 e. The second-order valence-corrected chi connectivity index (χ2v) is 7.10. The van der Waals surface area contributed by atoms with E-state index in [0.29, 0.717) is 16.9 Å². The standard InChI is InChI=1S/C18H21N/c1-2-4-15-14(3-1)11-16-17-7-5-13(6-8-17)12-18(15,17)9-10-19-16/h1-5,7,13,16,19H,6,8-12H2/t13?,16-,17-,18-/m1/s1. The molecule has 1 N–H and O–H groups in total. The summed E-state index contributed by atoms with van der Waals surface area (Å²) in [6, 6.07) is 9.97. The van der Waals surface area contributed by atoms with Gasteiger partial charge in [0, 0.05) is 16.9 Å². The quantitative estimate of drug-likeness (QED) is 0.698. The van der Waals surface area contributed by atoms with Crippen molar-refractivity contribution in [3.8, 4) is 0 Å². The van der Waals surface area contributed by atoms with Crippen LogP contribution in [0.1, 0.15) is 36.8 Å². The molecule has 1 aromatic carbocycles. The van der Waals surface area contributed by atoms with Gasteiger partial charge in [-0.15, -0.1) is 0 Å². The Balaban J connectivity index is 1.83. The van der Waals surface area contributed by atoms with Crippen LogP contribution in [0.25, 0.3) is 0 Å². The molecule has 0 aromatic heterocycles. The third-order valence-corrected chi connectivity index (χ3v) is 6.62. The Kier molecular flexibility index (Phi) is 1.87. The van der Waals surface area contributed by atoms with E-state index >= 15 is 0 Å². The van der Waals surface area contributed by atoms with E-state index in [2.05, 4.69) is 41.7 Å². The van der Waals surface area contributed by atoms with Gasteiger partial charge in [-0.1, -0.05) is 36.4 Å². The van der Waals surface area contributed by atoms with Crippen molar-refractivity contribution in [1.29, 1.82) is 0 Å². The second kappa shape index (κ2) is 3.32. The van der Waals surface area contributed by atoms with E-state index in [1.165, 1.54) is 38.6 Å². The smallest absolute Gasteiger partial charge is 0.0207 e. The highest BCUT2D eigenvalue weighted by Gasteiger charge is 2.63. The van der Waals surface area contributed by atoms with Crippen LogP contribution in [0.5, 0.6) is 0 Å². The van der Waals surface area contributed by atoms with Crippen LogP contribution in [0.3, 0.4) is 0 Å². The van der Waals surface area contributed by atoms with E-state index in [1.807, 2.05) is 0 Å². The summed E-state index contributed by atoms with van der Waals surface area (Å²) in [4.78, 5) is 0. The fraction of sp³-hybridized carbons (Fsp3) is 0.556. The minimum atomic E-state index is 0.425. The average molecular weight is 251 g/mol. The van der Waals surface area contributed by atoms with Crippen LogP contribution < -0.4 is 5.32 Å². The summed E-state index contributed by atoms with van der Waals surface area (Å²) in [5.41, 5.74) is 4.19. The lowest BCUT2D eigenvalue weighted by Gasteiger charge is -2.66. The molecular weight excluding hydrogens is 230 g/mol. The van der Waals surface area contributed by atoms with Gasteiger partial charge in [-0.25, -0.2) is 0 Å². The molecule has 19 heavy (non-hydrogen) atoms. The molecule has 1 spiro atoms. The minimum Gasteiger partial charge on any atom is -0.313 e. The van der Waals surface area contributed by atoms with E-state index in [-0.39, 0.29) is 0 Å². The molecule has 1 saturated heterocycles. The first kappa shape index (κ1) is 10.7. The Bertz CT molecular complexity index is 575. The third kappa shape index (κ3) is 1.08. The topological polar surface area (TPSA) is 12.0 Å². The maximum absolute atomic E-state index is 3.85. The molecule has 0 radical (unpaired) electrons. The number of nitrogens with one attached hydrogen (secondary N) is 1. The summed E-state index contributed by atoms with van der Waals surface area (Å²) in [5, 5.41) is 3.85. The maximum atomic E-state index is 3.85. The number of rotatable bonds is 0. The number of fused-ring (bicyclic) bond motifs is 2. The zero-order valence-electron chi connectivity index (χ0n) is 11.4. The van der Waals surface area contributed by atoms with Gasteiger partial charge in [0.25, 0.3) is 0 Å². The summed E-state index contributed by atoms with van der Waals surface area (Å²) in [7, 11) is 0. The average Bonchev–Trinajstić information content (AvgIpc) is 2.47. The predicted molar refractivity (Wildman–Crippen MR) is 77.1 cm³/mol. The monoisotopic (exact) mass is 251 g/mol. The van der Waals surface area contributed by atoms with E-state index < -0.39 is 0 Å². The van der Waals surface area contributed by atoms with Gasteiger partial charge in [-0.05, 0) is 55.7 Å². The Morgan fingerprint density at radius 3 is 3.00 bits per heavy atom. The zero-order valence-corrected chi connectivity index (χ0v) is 11.4. The molecule has 1 nitrogen and oxygen atoms in total. The molecular formula is C18H21N. The van der Waals surface area contributed by atoms with Crippen molar-refractivity contribution in [3.63, 3.8) is 0 Å². The predicted octanol–water partition coefficient (Wildman–Crippen LogP) is 3.20. The van der Waals surface area contributed by atoms with E-state index in [4.69, 9.17) is 0 Å². The number of allylic oxidation sites excluding steroid dienone is 1. The fourth-order valence-electron chi connectivity index (χ4n) is 5.85. The molecule has 4 bridgehead atoms. The summed E-state index contributed by atoms with van der Waals surface area (Å²) < 4.78 is 0. The molecule has 1 aliphatic heterocycles. The van der Waals surface area contributed by atoms with Gasteiger partial charge in [0.1, 0.15) is 0 Å². The molecule has 2 fully saturated rings. The first-order valence-corrected chi connectivity index (χ1v) is 7.85. The summed E-state index contributed by atoms with van der Waals surface area (Å²) in [5.74, 6) is 0.840. The van der Waals surface area contributed by atoms with E-state index in [1.54, 1.807) is 11.1 Å². The Morgan fingerprint density at radius 1 is 1.16 bits per heavy atom. The van der Waals surface area contributed by atoms with Crippen LogP contribution in [-0.4, -0.2) is 12.6 Å². The van der Waals surface area contributed by atoms with Crippen molar-refractivity contribution < 1.29 is 0 Å². The van der Waals surface area contributed by atoms with Gasteiger partial charge >= 0.3 is 0 Å². The number of hydrogen-bond acceptors (Lipinski definition) is 1.